The summed E-state index contributed by atoms with van der Waals surface area (Å²) in [6.07, 6.45) is 1.83. The van der Waals surface area contributed by atoms with E-state index >= 15 is 0 Å². The maximum atomic E-state index is 13.4. The molecule has 5 aromatic rings. The van der Waals surface area contributed by atoms with Crippen LogP contribution in [0.5, 0.6) is 0 Å². The zero-order chi connectivity index (χ0) is 24.7. The van der Waals surface area contributed by atoms with Crippen molar-refractivity contribution in [2.75, 3.05) is 0 Å². The van der Waals surface area contributed by atoms with Gasteiger partial charge >= 0.3 is 11.7 Å². The highest BCUT2D eigenvalue weighted by atomic mass is 16.5. The van der Waals surface area contributed by atoms with E-state index < -0.39 is 23.8 Å². The monoisotopic (exact) mass is 471 g/mol. The van der Waals surface area contributed by atoms with Gasteiger partial charge in [0.15, 0.2) is 11.2 Å². The summed E-state index contributed by atoms with van der Waals surface area (Å²) in [4.78, 5) is 43.5. The number of hydrogen-bond acceptors (Lipinski definition) is 5. The third-order valence-electron chi connectivity index (χ3n) is 6.27. The van der Waals surface area contributed by atoms with E-state index in [1.165, 1.54) is 4.57 Å². The van der Waals surface area contributed by atoms with Crippen LogP contribution in [0.2, 0.25) is 0 Å². The van der Waals surface area contributed by atoms with Gasteiger partial charge in [0.2, 0.25) is 5.78 Å². The molecule has 1 atom stereocenters. The van der Waals surface area contributed by atoms with E-state index in [0.717, 1.165) is 21.4 Å². The zero-order valence-corrected chi connectivity index (χ0v) is 19.7. The number of carbonyl (C=O) groups excluding carboxylic acids is 1. The lowest BCUT2D eigenvalue weighted by Crippen LogP contribution is -2.41. The van der Waals surface area contributed by atoms with E-state index in [2.05, 4.69) is 11.9 Å². The van der Waals surface area contributed by atoms with E-state index in [0.29, 0.717) is 5.78 Å². The molecule has 0 unspecified atom stereocenters. The van der Waals surface area contributed by atoms with Gasteiger partial charge in [-0.05, 0) is 25.0 Å². The van der Waals surface area contributed by atoms with Crippen LogP contribution in [0, 0.1) is 6.92 Å². The van der Waals surface area contributed by atoms with E-state index in [1.54, 1.807) is 11.4 Å². The Balaban J connectivity index is 1.56. The van der Waals surface area contributed by atoms with Gasteiger partial charge in [-0.2, -0.15) is 4.98 Å². The third kappa shape index (κ3) is 3.84. The standard InChI is InChI=1S/C26H25N5O4/c1-17-14-29-22-23(27-25(29)31(17)18(2)20-12-8-5-9-13-20)28(3)26(34)30(24(22)33)15-21(32)35-16-19-10-6-4-7-11-19/h4-14,18H,15-16H2,1-3H3/t18-/m1/s1. The van der Waals surface area contributed by atoms with Crippen LogP contribution in [0.4, 0.5) is 0 Å². The van der Waals surface area contributed by atoms with Gasteiger partial charge in [0.25, 0.3) is 5.56 Å². The van der Waals surface area contributed by atoms with Crippen molar-refractivity contribution in [3.8, 4) is 0 Å². The van der Waals surface area contributed by atoms with Crippen molar-refractivity contribution < 1.29 is 9.53 Å². The number of ether oxygens (including phenoxy) is 1. The number of hydrogen-bond donors (Lipinski definition) is 0. The maximum absolute atomic E-state index is 13.4. The van der Waals surface area contributed by atoms with E-state index in [1.807, 2.05) is 78.4 Å². The molecule has 9 nitrogen and oxygen atoms in total. The van der Waals surface area contributed by atoms with Crippen LogP contribution in [0.25, 0.3) is 16.9 Å². The van der Waals surface area contributed by atoms with Gasteiger partial charge in [0.05, 0.1) is 6.04 Å². The fraction of sp³-hybridized carbons (Fsp3) is 0.231. The number of esters is 1. The molecule has 0 aliphatic heterocycles. The zero-order valence-electron chi connectivity index (χ0n) is 19.7. The van der Waals surface area contributed by atoms with Crippen molar-refractivity contribution in [2.24, 2.45) is 7.05 Å². The SMILES string of the molecule is Cc1cn2c3c(=O)n(CC(=O)OCc4ccccc4)c(=O)n(C)c3nc2n1[C@H](C)c1ccccc1. The second-order valence-electron chi connectivity index (χ2n) is 8.56. The highest BCUT2D eigenvalue weighted by molar-refractivity contribution is 5.76. The fourth-order valence-electron chi connectivity index (χ4n) is 4.44. The molecule has 9 heteroatoms. The number of imidazole rings is 2. The minimum atomic E-state index is -0.667. The fourth-order valence-corrected chi connectivity index (χ4v) is 4.44. The smallest absolute Gasteiger partial charge is 0.333 e. The maximum Gasteiger partial charge on any atom is 0.333 e. The summed E-state index contributed by atoms with van der Waals surface area (Å²) in [7, 11) is 1.54. The van der Waals surface area contributed by atoms with Gasteiger partial charge in [0.1, 0.15) is 13.2 Å². The molecule has 0 amide bonds. The number of aromatic nitrogens is 5. The summed E-state index contributed by atoms with van der Waals surface area (Å²) in [6, 6.07) is 19.1. The number of benzene rings is 2. The molecule has 0 fully saturated rings. The molecule has 0 spiro atoms. The Morgan fingerprint density at radius 1 is 1.03 bits per heavy atom. The molecule has 2 aromatic carbocycles. The minimum Gasteiger partial charge on any atom is -0.459 e. The van der Waals surface area contributed by atoms with Crippen LogP contribution in [-0.4, -0.2) is 29.1 Å². The average molecular weight is 472 g/mol. The highest BCUT2D eigenvalue weighted by Crippen LogP contribution is 2.25. The Hall–Kier alpha value is -4.40. The lowest BCUT2D eigenvalue weighted by atomic mass is 10.1. The lowest BCUT2D eigenvalue weighted by molar-refractivity contribution is -0.145. The second kappa shape index (κ2) is 8.75. The summed E-state index contributed by atoms with van der Waals surface area (Å²) in [5.41, 5.74) is 2.11. The van der Waals surface area contributed by atoms with E-state index in [4.69, 9.17) is 4.74 Å². The predicted molar refractivity (Wildman–Crippen MR) is 131 cm³/mol. The van der Waals surface area contributed by atoms with Crippen molar-refractivity contribution in [1.29, 1.82) is 0 Å². The first-order chi connectivity index (χ1) is 16.9. The van der Waals surface area contributed by atoms with Gasteiger partial charge in [-0.25, -0.2) is 9.36 Å². The van der Waals surface area contributed by atoms with E-state index in [9.17, 15) is 14.4 Å². The van der Waals surface area contributed by atoms with E-state index in [-0.39, 0.29) is 23.8 Å². The second-order valence-corrected chi connectivity index (χ2v) is 8.56. The molecule has 0 N–H and O–H groups in total. The van der Waals surface area contributed by atoms with Crippen molar-refractivity contribution in [1.82, 2.24) is 23.1 Å². The molecule has 0 aliphatic rings. The van der Waals surface area contributed by atoms with Crippen LogP contribution in [0.1, 0.15) is 29.8 Å². The molecule has 0 aliphatic carbocycles. The topological polar surface area (TPSA) is 92.5 Å². The molecule has 5 rings (SSSR count). The van der Waals surface area contributed by atoms with Gasteiger partial charge < -0.3 is 9.30 Å². The highest BCUT2D eigenvalue weighted by Gasteiger charge is 2.23. The van der Waals surface area contributed by atoms with Gasteiger partial charge in [-0.15, -0.1) is 0 Å². The number of nitrogens with zero attached hydrogens (tertiary/aromatic N) is 5. The Morgan fingerprint density at radius 3 is 2.37 bits per heavy atom. The summed E-state index contributed by atoms with van der Waals surface area (Å²) in [6.45, 7) is 3.58. The normalized spacial score (nSPS) is 12.3. The summed E-state index contributed by atoms with van der Waals surface area (Å²) < 4.78 is 11.2. The van der Waals surface area contributed by atoms with Gasteiger partial charge in [-0.1, -0.05) is 60.7 Å². The number of fused-ring (bicyclic) bond motifs is 3. The average Bonchev–Trinajstić information content (AvgIpc) is 3.39. The number of carbonyl (C=O) groups is 1. The van der Waals surface area contributed by atoms with Crippen LogP contribution in [0.15, 0.2) is 76.4 Å². The molecule has 0 bridgehead atoms. The minimum absolute atomic E-state index is 0.0438. The molecule has 35 heavy (non-hydrogen) atoms. The van der Waals surface area contributed by atoms with Crippen molar-refractivity contribution in [3.63, 3.8) is 0 Å². The molecule has 178 valence electrons. The third-order valence-corrected chi connectivity index (χ3v) is 6.27. The lowest BCUT2D eigenvalue weighted by Gasteiger charge is -2.16. The van der Waals surface area contributed by atoms with Gasteiger partial charge in [0, 0.05) is 18.9 Å². The largest absolute Gasteiger partial charge is 0.459 e. The molecule has 0 saturated carbocycles. The van der Waals surface area contributed by atoms with Crippen LogP contribution in [-0.2, 0) is 29.7 Å². The molecule has 3 aromatic heterocycles. The first kappa shape index (κ1) is 22.4. The Morgan fingerprint density at radius 2 is 1.69 bits per heavy atom. The predicted octanol–water partition coefficient (Wildman–Crippen LogP) is 2.81. The van der Waals surface area contributed by atoms with Crippen LogP contribution in [0.3, 0.4) is 0 Å². The summed E-state index contributed by atoms with van der Waals surface area (Å²) in [5, 5.41) is 0. The summed E-state index contributed by atoms with van der Waals surface area (Å²) >= 11 is 0. The Bertz CT molecular complexity index is 1660. The van der Waals surface area contributed by atoms with Gasteiger partial charge in [-0.3, -0.25) is 18.6 Å². The molecule has 0 saturated heterocycles. The quantitative estimate of drug-likeness (QED) is 0.355. The van der Waals surface area contributed by atoms with Crippen molar-refractivity contribution in [3.05, 3.63) is 105 Å². The molecule has 3 heterocycles. The Kier molecular flexibility index (Phi) is 5.60. The van der Waals surface area contributed by atoms with Crippen LogP contribution >= 0.6 is 0 Å². The number of rotatable bonds is 6. The van der Waals surface area contributed by atoms with Crippen molar-refractivity contribution >= 4 is 22.9 Å². The van der Waals surface area contributed by atoms with Crippen molar-refractivity contribution in [2.45, 2.75) is 33.0 Å². The Labute approximate surface area is 200 Å². The molecular weight excluding hydrogens is 446 g/mol. The molecule has 0 radical (unpaired) electrons. The van der Waals surface area contributed by atoms with Crippen LogP contribution < -0.4 is 11.2 Å². The molecular formula is C26H25N5O4. The first-order valence-corrected chi connectivity index (χ1v) is 11.3. The summed E-state index contributed by atoms with van der Waals surface area (Å²) in [5.74, 6) is -0.120. The number of aryl methyl sites for hydroxylation is 2. The first-order valence-electron chi connectivity index (χ1n) is 11.3.